The van der Waals surface area contributed by atoms with Crippen LogP contribution in [0.1, 0.15) is 5.56 Å². The van der Waals surface area contributed by atoms with Crippen molar-refractivity contribution in [3.05, 3.63) is 31.4 Å². The van der Waals surface area contributed by atoms with E-state index in [1.807, 2.05) is 0 Å². The van der Waals surface area contributed by atoms with Gasteiger partial charge in [0.05, 0.1) is 4.92 Å². The van der Waals surface area contributed by atoms with Crippen molar-refractivity contribution in [3.63, 3.8) is 0 Å². The molecule has 0 fully saturated rings. The fourth-order valence-electron chi connectivity index (χ4n) is 0.847. The van der Waals surface area contributed by atoms with E-state index in [0.717, 1.165) is 3.57 Å². The summed E-state index contributed by atoms with van der Waals surface area (Å²) in [4.78, 5) is 10.7. The summed E-state index contributed by atoms with van der Waals surface area (Å²) in [6, 6.07) is 3.22. The van der Waals surface area contributed by atoms with E-state index in [-0.39, 0.29) is 5.69 Å². The topological polar surface area (TPSA) is 43.1 Å². The maximum atomic E-state index is 10.5. The number of thiol groups is 1. The van der Waals surface area contributed by atoms with E-state index in [4.69, 9.17) is 0 Å². The number of nitrogens with zero attached hydrogens (tertiary/aromatic N) is 1. The fourth-order valence-corrected chi connectivity index (χ4v) is 1.66. The SMILES string of the molecule is Cc1cc(I)c(S)cc1[N+](=O)[O-]. The highest BCUT2D eigenvalue weighted by atomic mass is 127. The molecular formula is C7H6INO2S. The Morgan fingerprint density at radius 3 is 2.67 bits per heavy atom. The Labute approximate surface area is 88.9 Å². The Balaban J connectivity index is 3.33. The molecule has 0 N–H and O–H groups in total. The average molecular weight is 295 g/mol. The summed E-state index contributed by atoms with van der Waals surface area (Å²) < 4.78 is 0.930. The van der Waals surface area contributed by atoms with E-state index in [1.165, 1.54) is 6.07 Å². The molecule has 0 aromatic heterocycles. The molecule has 12 heavy (non-hydrogen) atoms. The number of rotatable bonds is 1. The van der Waals surface area contributed by atoms with Crippen molar-refractivity contribution in [2.75, 3.05) is 0 Å². The standard InChI is InChI=1S/C7H6INO2S/c1-4-2-5(8)7(12)3-6(4)9(10)11/h2-3,12H,1H3. The third-order valence-corrected chi connectivity index (χ3v) is 3.15. The van der Waals surface area contributed by atoms with Gasteiger partial charge in [-0.05, 0) is 35.6 Å². The Kier molecular flexibility index (Phi) is 2.94. The van der Waals surface area contributed by atoms with Crippen molar-refractivity contribution in [3.8, 4) is 0 Å². The maximum absolute atomic E-state index is 10.5. The Morgan fingerprint density at radius 1 is 1.58 bits per heavy atom. The van der Waals surface area contributed by atoms with Crippen LogP contribution in [0, 0.1) is 20.6 Å². The predicted molar refractivity (Wildman–Crippen MR) is 57.8 cm³/mol. The largest absolute Gasteiger partial charge is 0.273 e. The molecule has 0 spiro atoms. The number of benzene rings is 1. The first kappa shape index (κ1) is 9.79. The van der Waals surface area contributed by atoms with Crippen molar-refractivity contribution >= 4 is 40.9 Å². The molecular weight excluding hydrogens is 289 g/mol. The van der Waals surface area contributed by atoms with E-state index >= 15 is 0 Å². The Morgan fingerprint density at radius 2 is 2.17 bits per heavy atom. The van der Waals surface area contributed by atoms with Crippen molar-refractivity contribution in [1.82, 2.24) is 0 Å². The molecule has 0 atom stereocenters. The van der Waals surface area contributed by atoms with Crippen LogP contribution in [0.4, 0.5) is 5.69 Å². The molecule has 1 aromatic carbocycles. The summed E-state index contributed by atoms with van der Waals surface area (Å²) >= 11 is 6.19. The highest BCUT2D eigenvalue weighted by Crippen LogP contribution is 2.26. The molecule has 0 unspecified atom stereocenters. The fraction of sp³-hybridized carbons (Fsp3) is 0.143. The van der Waals surface area contributed by atoms with Gasteiger partial charge in [-0.15, -0.1) is 12.6 Å². The van der Waals surface area contributed by atoms with Gasteiger partial charge in [0.15, 0.2) is 0 Å². The van der Waals surface area contributed by atoms with Crippen molar-refractivity contribution in [2.45, 2.75) is 11.8 Å². The van der Waals surface area contributed by atoms with E-state index in [9.17, 15) is 10.1 Å². The van der Waals surface area contributed by atoms with Crippen LogP contribution in [0.3, 0.4) is 0 Å². The van der Waals surface area contributed by atoms with Crippen LogP contribution in [-0.2, 0) is 0 Å². The van der Waals surface area contributed by atoms with E-state index in [1.54, 1.807) is 13.0 Å². The molecule has 5 heteroatoms. The Hall–Kier alpha value is -0.300. The lowest BCUT2D eigenvalue weighted by molar-refractivity contribution is -0.385. The first-order valence-corrected chi connectivity index (χ1v) is 4.68. The van der Waals surface area contributed by atoms with Crippen LogP contribution in [-0.4, -0.2) is 4.92 Å². The second-order valence-electron chi connectivity index (χ2n) is 2.35. The molecule has 3 nitrogen and oxygen atoms in total. The molecule has 64 valence electrons. The minimum Gasteiger partial charge on any atom is -0.258 e. The van der Waals surface area contributed by atoms with Crippen molar-refractivity contribution < 1.29 is 4.92 Å². The first-order valence-electron chi connectivity index (χ1n) is 3.16. The lowest BCUT2D eigenvalue weighted by Gasteiger charge is -2.00. The molecule has 0 heterocycles. The van der Waals surface area contributed by atoms with Gasteiger partial charge in [-0.3, -0.25) is 10.1 Å². The maximum Gasteiger partial charge on any atom is 0.273 e. The van der Waals surface area contributed by atoms with Gasteiger partial charge in [0.25, 0.3) is 5.69 Å². The summed E-state index contributed by atoms with van der Waals surface area (Å²) in [5, 5.41) is 10.5. The summed E-state index contributed by atoms with van der Waals surface area (Å²) in [6.45, 7) is 1.72. The summed E-state index contributed by atoms with van der Waals surface area (Å²) in [7, 11) is 0. The van der Waals surface area contributed by atoms with Gasteiger partial charge < -0.3 is 0 Å². The number of halogens is 1. The predicted octanol–water partition coefficient (Wildman–Crippen LogP) is 2.80. The lowest BCUT2D eigenvalue weighted by Crippen LogP contribution is -1.92. The molecule has 0 aliphatic carbocycles. The van der Waals surface area contributed by atoms with Gasteiger partial charge in [-0.25, -0.2) is 0 Å². The smallest absolute Gasteiger partial charge is 0.258 e. The van der Waals surface area contributed by atoms with Crippen LogP contribution < -0.4 is 0 Å². The van der Waals surface area contributed by atoms with Gasteiger partial charge in [0.2, 0.25) is 0 Å². The van der Waals surface area contributed by atoms with Gasteiger partial charge in [-0.2, -0.15) is 0 Å². The average Bonchev–Trinajstić information content (AvgIpc) is 1.96. The van der Waals surface area contributed by atoms with Crippen LogP contribution in [0.25, 0.3) is 0 Å². The summed E-state index contributed by atoms with van der Waals surface area (Å²) in [5.41, 5.74) is 0.794. The van der Waals surface area contributed by atoms with E-state index in [2.05, 4.69) is 35.2 Å². The number of hydrogen-bond acceptors (Lipinski definition) is 3. The second-order valence-corrected chi connectivity index (χ2v) is 3.99. The van der Waals surface area contributed by atoms with Gasteiger partial charge >= 0.3 is 0 Å². The first-order chi connectivity index (χ1) is 5.52. The zero-order valence-electron chi connectivity index (χ0n) is 6.24. The molecule has 0 bridgehead atoms. The molecule has 1 aromatic rings. The Bertz CT molecular complexity index is 340. The monoisotopic (exact) mass is 295 g/mol. The van der Waals surface area contributed by atoms with Crippen molar-refractivity contribution in [2.24, 2.45) is 0 Å². The molecule has 0 amide bonds. The van der Waals surface area contributed by atoms with Gasteiger partial charge in [0, 0.05) is 20.1 Å². The van der Waals surface area contributed by atoms with Crippen LogP contribution in [0.15, 0.2) is 17.0 Å². The number of aryl methyl sites for hydroxylation is 1. The minimum atomic E-state index is -0.398. The quantitative estimate of drug-likeness (QED) is 0.375. The second kappa shape index (κ2) is 3.61. The van der Waals surface area contributed by atoms with Crippen LogP contribution in [0.2, 0.25) is 0 Å². The molecule has 0 saturated carbocycles. The lowest BCUT2D eigenvalue weighted by atomic mass is 10.2. The number of nitro benzene ring substituents is 1. The van der Waals surface area contributed by atoms with Gasteiger partial charge in [-0.1, -0.05) is 0 Å². The summed E-state index contributed by atoms with van der Waals surface area (Å²) in [5.74, 6) is 0. The normalized spacial score (nSPS) is 9.92. The third-order valence-electron chi connectivity index (χ3n) is 1.46. The highest BCUT2D eigenvalue weighted by molar-refractivity contribution is 14.1. The molecule has 0 radical (unpaired) electrons. The zero-order chi connectivity index (χ0) is 9.30. The summed E-state index contributed by atoms with van der Waals surface area (Å²) in [6.07, 6.45) is 0. The minimum absolute atomic E-state index is 0.125. The van der Waals surface area contributed by atoms with Crippen LogP contribution >= 0.6 is 35.2 Å². The van der Waals surface area contributed by atoms with Gasteiger partial charge in [0.1, 0.15) is 0 Å². The molecule has 1 rings (SSSR count). The highest BCUT2D eigenvalue weighted by Gasteiger charge is 2.11. The number of hydrogen-bond donors (Lipinski definition) is 1. The molecule has 0 saturated heterocycles. The molecule has 0 aliphatic rings. The van der Waals surface area contributed by atoms with Crippen LogP contribution in [0.5, 0.6) is 0 Å². The van der Waals surface area contributed by atoms with E-state index in [0.29, 0.717) is 10.5 Å². The van der Waals surface area contributed by atoms with E-state index < -0.39 is 4.92 Å². The molecule has 0 aliphatic heterocycles. The van der Waals surface area contributed by atoms with Crippen molar-refractivity contribution in [1.29, 1.82) is 0 Å². The third kappa shape index (κ3) is 1.89. The number of nitro groups is 1. The zero-order valence-corrected chi connectivity index (χ0v) is 9.30.